The van der Waals surface area contributed by atoms with Crippen LogP contribution in [0.2, 0.25) is 0 Å². The summed E-state index contributed by atoms with van der Waals surface area (Å²) in [6.07, 6.45) is 1.69. The Morgan fingerprint density at radius 3 is 2.33 bits per heavy atom. The number of aryl methyl sites for hydroxylation is 5. The Morgan fingerprint density at radius 2 is 1.67 bits per heavy atom. The van der Waals surface area contributed by atoms with E-state index in [2.05, 4.69) is 66.6 Å². The van der Waals surface area contributed by atoms with Gasteiger partial charge in [0.05, 0.1) is 11.4 Å². The van der Waals surface area contributed by atoms with Gasteiger partial charge in [-0.3, -0.25) is 9.36 Å². The number of benzene rings is 2. The fourth-order valence-corrected chi connectivity index (χ4v) is 3.97. The summed E-state index contributed by atoms with van der Waals surface area (Å²) in [7, 11) is 0. The molecule has 0 aliphatic rings. The molecule has 1 N–H and O–H groups in total. The van der Waals surface area contributed by atoms with Gasteiger partial charge >= 0.3 is 0 Å². The standard InChI is InChI=1S/C21H24N4OS/c1-13-6-7-18(15(3)8-13)25-12-22-24-21(25)27-11-19(26)23-20-16(4)9-14(2)10-17(20)5/h6-10,12H,11H2,1-5H3,(H,23,26). The predicted molar refractivity (Wildman–Crippen MR) is 111 cm³/mol. The maximum atomic E-state index is 12.5. The van der Waals surface area contributed by atoms with Crippen LogP contribution in [0.25, 0.3) is 5.69 Å². The number of aromatic nitrogens is 3. The summed E-state index contributed by atoms with van der Waals surface area (Å²) >= 11 is 1.38. The first kappa shape index (κ1) is 19.2. The lowest BCUT2D eigenvalue weighted by atomic mass is 10.1. The van der Waals surface area contributed by atoms with Crippen LogP contribution in [0.1, 0.15) is 27.8 Å². The van der Waals surface area contributed by atoms with E-state index in [1.807, 2.05) is 18.4 Å². The second-order valence-corrected chi connectivity index (χ2v) is 7.83. The van der Waals surface area contributed by atoms with Crippen LogP contribution >= 0.6 is 11.8 Å². The van der Waals surface area contributed by atoms with Crippen molar-refractivity contribution in [1.82, 2.24) is 14.8 Å². The first-order valence-electron chi connectivity index (χ1n) is 8.83. The Hall–Kier alpha value is -2.60. The van der Waals surface area contributed by atoms with E-state index in [4.69, 9.17) is 0 Å². The molecule has 0 atom stereocenters. The maximum Gasteiger partial charge on any atom is 0.234 e. The SMILES string of the molecule is Cc1ccc(-n2cnnc2SCC(=O)Nc2c(C)cc(C)cc2C)c(C)c1. The van der Waals surface area contributed by atoms with Crippen molar-refractivity contribution in [1.29, 1.82) is 0 Å². The number of thioether (sulfide) groups is 1. The van der Waals surface area contributed by atoms with Crippen LogP contribution in [-0.4, -0.2) is 26.4 Å². The van der Waals surface area contributed by atoms with Gasteiger partial charge in [0.1, 0.15) is 6.33 Å². The number of anilines is 1. The largest absolute Gasteiger partial charge is 0.325 e. The molecule has 2 aromatic carbocycles. The van der Waals surface area contributed by atoms with Gasteiger partial charge in [-0.05, 0) is 57.4 Å². The number of carbonyl (C=O) groups is 1. The Labute approximate surface area is 164 Å². The fraction of sp³-hybridized carbons (Fsp3) is 0.286. The van der Waals surface area contributed by atoms with Gasteiger partial charge in [-0.15, -0.1) is 10.2 Å². The zero-order chi connectivity index (χ0) is 19.6. The Balaban J connectivity index is 1.71. The molecule has 140 valence electrons. The molecule has 0 spiro atoms. The van der Waals surface area contributed by atoms with Crippen molar-refractivity contribution in [2.75, 3.05) is 11.1 Å². The smallest absolute Gasteiger partial charge is 0.234 e. The van der Waals surface area contributed by atoms with Gasteiger partial charge in [0, 0.05) is 5.69 Å². The highest BCUT2D eigenvalue weighted by Crippen LogP contribution is 2.25. The number of nitrogens with zero attached hydrogens (tertiary/aromatic N) is 3. The van der Waals surface area contributed by atoms with Crippen molar-refractivity contribution in [3.05, 3.63) is 64.5 Å². The molecule has 0 fully saturated rings. The molecule has 3 rings (SSSR count). The molecule has 6 heteroatoms. The normalized spacial score (nSPS) is 10.9. The minimum atomic E-state index is -0.0507. The van der Waals surface area contributed by atoms with Crippen LogP contribution in [0.4, 0.5) is 5.69 Å². The number of amides is 1. The summed E-state index contributed by atoms with van der Waals surface area (Å²) in [5, 5.41) is 11.9. The van der Waals surface area contributed by atoms with Crippen molar-refractivity contribution in [2.24, 2.45) is 0 Å². The van der Waals surface area contributed by atoms with Crippen LogP contribution in [0.3, 0.4) is 0 Å². The van der Waals surface area contributed by atoms with Crippen molar-refractivity contribution < 1.29 is 4.79 Å². The molecular weight excluding hydrogens is 356 g/mol. The van der Waals surface area contributed by atoms with Crippen molar-refractivity contribution >= 4 is 23.4 Å². The lowest BCUT2D eigenvalue weighted by Gasteiger charge is -2.13. The second kappa shape index (κ2) is 7.96. The first-order chi connectivity index (χ1) is 12.8. The van der Waals surface area contributed by atoms with E-state index in [-0.39, 0.29) is 11.7 Å². The van der Waals surface area contributed by atoms with E-state index in [0.29, 0.717) is 5.16 Å². The molecule has 0 saturated heterocycles. The van der Waals surface area contributed by atoms with E-state index >= 15 is 0 Å². The highest BCUT2D eigenvalue weighted by Gasteiger charge is 2.13. The molecule has 1 aromatic heterocycles. The third-order valence-electron chi connectivity index (χ3n) is 4.40. The molecule has 0 bridgehead atoms. The summed E-state index contributed by atoms with van der Waals surface area (Å²) < 4.78 is 1.93. The van der Waals surface area contributed by atoms with Gasteiger partial charge in [-0.25, -0.2) is 0 Å². The zero-order valence-electron chi connectivity index (χ0n) is 16.3. The van der Waals surface area contributed by atoms with Gasteiger partial charge in [0.15, 0.2) is 5.16 Å². The lowest BCUT2D eigenvalue weighted by Crippen LogP contribution is -2.16. The van der Waals surface area contributed by atoms with Crippen LogP contribution in [-0.2, 0) is 4.79 Å². The van der Waals surface area contributed by atoms with Crippen molar-refractivity contribution in [3.8, 4) is 5.69 Å². The molecular formula is C21H24N4OS. The molecule has 3 aromatic rings. The zero-order valence-corrected chi connectivity index (χ0v) is 17.1. The van der Waals surface area contributed by atoms with Crippen molar-refractivity contribution in [3.63, 3.8) is 0 Å². The molecule has 0 unspecified atom stereocenters. The average Bonchev–Trinajstić information content (AvgIpc) is 3.04. The Morgan fingerprint density at radius 1 is 1.00 bits per heavy atom. The minimum Gasteiger partial charge on any atom is -0.325 e. The number of nitrogens with one attached hydrogen (secondary N) is 1. The van der Waals surface area contributed by atoms with E-state index in [1.165, 1.54) is 22.9 Å². The van der Waals surface area contributed by atoms with E-state index in [1.54, 1.807) is 6.33 Å². The summed E-state index contributed by atoms with van der Waals surface area (Å²) in [6, 6.07) is 10.4. The fourth-order valence-electron chi connectivity index (χ4n) is 3.25. The average molecular weight is 381 g/mol. The van der Waals surface area contributed by atoms with Crippen molar-refractivity contribution in [2.45, 2.75) is 39.8 Å². The van der Waals surface area contributed by atoms with Crippen LogP contribution < -0.4 is 5.32 Å². The third kappa shape index (κ3) is 4.39. The van der Waals surface area contributed by atoms with E-state index in [0.717, 1.165) is 28.1 Å². The number of rotatable bonds is 5. The number of hydrogen-bond acceptors (Lipinski definition) is 4. The summed E-state index contributed by atoms with van der Waals surface area (Å²) in [6.45, 7) is 10.2. The van der Waals surface area contributed by atoms with Gasteiger partial charge in [-0.2, -0.15) is 0 Å². The monoisotopic (exact) mass is 380 g/mol. The van der Waals surface area contributed by atoms with Gasteiger partial charge < -0.3 is 5.32 Å². The highest BCUT2D eigenvalue weighted by molar-refractivity contribution is 7.99. The van der Waals surface area contributed by atoms with Crippen LogP contribution in [0.15, 0.2) is 41.8 Å². The second-order valence-electron chi connectivity index (χ2n) is 6.88. The summed E-state index contributed by atoms with van der Waals surface area (Å²) in [4.78, 5) is 12.5. The molecule has 0 aliphatic heterocycles. The maximum absolute atomic E-state index is 12.5. The van der Waals surface area contributed by atoms with E-state index < -0.39 is 0 Å². The predicted octanol–water partition coefficient (Wildman–Crippen LogP) is 4.54. The molecule has 27 heavy (non-hydrogen) atoms. The molecule has 0 aliphatic carbocycles. The lowest BCUT2D eigenvalue weighted by molar-refractivity contribution is -0.113. The molecule has 0 radical (unpaired) electrons. The molecule has 5 nitrogen and oxygen atoms in total. The summed E-state index contributed by atoms with van der Waals surface area (Å²) in [5.74, 6) is 0.223. The molecule has 1 amide bonds. The summed E-state index contributed by atoms with van der Waals surface area (Å²) in [5.41, 5.74) is 7.61. The molecule has 1 heterocycles. The van der Waals surface area contributed by atoms with Crippen LogP contribution in [0, 0.1) is 34.6 Å². The Bertz CT molecular complexity index is 971. The van der Waals surface area contributed by atoms with Crippen LogP contribution in [0.5, 0.6) is 0 Å². The number of carbonyl (C=O) groups excluding carboxylic acids is 1. The van der Waals surface area contributed by atoms with Gasteiger partial charge in [0.25, 0.3) is 0 Å². The van der Waals surface area contributed by atoms with Gasteiger partial charge in [-0.1, -0.05) is 47.2 Å². The quantitative estimate of drug-likeness (QED) is 0.660. The van der Waals surface area contributed by atoms with E-state index in [9.17, 15) is 4.79 Å². The topological polar surface area (TPSA) is 59.8 Å². The number of hydrogen-bond donors (Lipinski definition) is 1. The van der Waals surface area contributed by atoms with Gasteiger partial charge in [0.2, 0.25) is 5.91 Å². The molecule has 0 saturated carbocycles. The minimum absolute atomic E-state index is 0.0507. The first-order valence-corrected chi connectivity index (χ1v) is 9.82. The highest BCUT2D eigenvalue weighted by atomic mass is 32.2. The third-order valence-corrected chi connectivity index (χ3v) is 5.35. The Kier molecular flexibility index (Phi) is 5.65.